The lowest BCUT2D eigenvalue weighted by molar-refractivity contribution is 1.18. The second-order valence-electron chi connectivity index (χ2n) is 9.94. The van der Waals surface area contributed by atoms with Gasteiger partial charge in [0.25, 0.3) is 0 Å². The SMILES string of the molecule is Cc1ccccc1-c1ccc(-c2nc(-c3ccccc3)cc(-c3ccc4c(ccc5ccccc54)c3)n2)cc1. The number of rotatable bonds is 4. The van der Waals surface area contributed by atoms with Gasteiger partial charge in [-0.1, -0.05) is 127 Å². The molecular formula is C37H26N2. The van der Waals surface area contributed by atoms with Crippen LogP contribution in [0.4, 0.5) is 0 Å². The zero-order valence-electron chi connectivity index (χ0n) is 21.7. The smallest absolute Gasteiger partial charge is 0.160 e. The molecule has 7 rings (SSSR count). The maximum Gasteiger partial charge on any atom is 0.160 e. The van der Waals surface area contributed by atoms with Crippen molar-refractivity contribution in [2.75, 3.05) is 0 Å². The summed E-state index contributed by atoms with van der Waals surface area (Å²) >= 11 is 0. The number of fused-ring (bicyclic) bond motifs is 3. The Labute approximate surface area is 228 Å². The largest absolute Gasteiger partial charge is 0.228 e. The molecule has 6 aromatic carbocycles. The van der Waals surface area contributed by atoms with Crippen molar-refractivity contribution >= 4 is 21.5 Å². The van der Waals surface area contributed by atoms with Gasteiger partial charge in [-0.05, 0) is 57.3 Å². The molecule has 0 spiro atoms. The van der Waals surface area contributed by atoms with Crippen molar-refractivity contribution < 1.29 is 0 Å². The van der Waals surface area contributed by atoms with Crippen molar-refractivity contribution in [2.24, 2.45) is 0 Å². The summed E-state index contributed by atoms with van der Waals surface area (Å²) in [5.41, 5.74) is 8.68. The first-order valence-corrected chi connectivity index (χ1v) is 13.3. The molecule has 0 atom stereocenters. The average Bonchev–Trinajstić information content (AvgIpc) is 3.01. The normalized spacial score (nSPS) is 11.2. The summed E-state index contributed by atoms with van der Waals surface area (Å²) in [7, 11) is 0. The first-order chi connectivity index (χ1) is 19.2. The van der Waals surface area contributed by atoms with Gasteiger partial charge in [0.15, 0.2) is 5.82 Å². The maximum absolute atomic E-state index is 5.08. The molecule has 2 heteroatoms. The van der Waals surface area contributed by atoms with Crippen LogP contribution in [0.15, 0.2) is 140 Å². The molecule has 0 unspecified atom stereocenters. The second kappa shape index (κ2) is 9.66. The van der Waals surface area contributed by atoms with Crippen LogP contribution in [0, 0.1) is 6.92 Å². The number of benzene rings is 6. The molecule has 0 saturated carbocycles. The molecule has 39 heavy (non-hydrogen) atoms. The second-order valence-corrected chi connectivity index (χ2v) is 9.94. The zero-order chi connectivity index (χ0) is 26.2. The fourth-order valence-electron chi connectivity index (χ4n) is 5.35. The maximum atomic E-state index is 5.08. The van der Waals surface area contributed by atoms with Gasteiger partial charge < -0.3 is 0 Å². The van der Waals surface area contributed by atoms with E-state index < -0.39 is 0 Å². The highest BCUT2D eigenvalue weighted by Gasteiger charge is 2.12. The van der Waals surface area contributed by atoms with Gasteiger partial charge in [-0.15, -0.1) is 0 Å². The molecule has 184 valence electrons. The predicted molar refractivity (Wildman–Crippen MR) is 164 cm³/mol. The van der Waals surface area contributed by atoms with Crippen LogP contribution in [0.1, 0.15) is 5.56 Å². The Balaban J connectivity index is 1.36. The Hall–Kier alpha value is -5.08. The third kappa shape index (κ3) is 4.36. The topological polar surface area (TPSA) is 25.8 Å². The molecule has 0 saturated heterocycles. The summed E-state index contributed by atoms with van der Waals surface area (Å²) in [6, 6.07) is 49.1. The zero-order valence-corrected chi connectivity index (χ0v) is 21.7. The lowest BCUT2D eigenvalue weighted by atomic mass is 9.98. The molecule has 0 radical (unpaired) electrons. The van der Waals surface area contributed by atoms with E-state index >= 15 is 0 Å². The van der Waals surface area contributed by atoms with Crippen molar-refractivity contribution in [1.29, 1.82) is 0 Å². The van der Waals surface area contributed by atoms with Gasteiger partial charge in [0, 0.05) is 16.7 Å². The Morgan fingerprint density at radius 1 is 0.410 bits per heavy atom. The number of nitrogens with zero attached hydrogens (tertiary/aromatic N) is 2. The summed E-state index contributed by atoms with van der Waals surface area (Å²) in [5.74, 6) is 0.723. The summed E-state index contributed by atoms with van der Waals surface area (Å²) < 4.78 is 0. The van der Waals surface area contributed by atoms with Gasteiger partial charge in [-0.3, -0.25) is 0 Å². The number of hydrogen-bond donors (Lipinski definition) is 0. The minimum Gasteiger partial charge on any atom is -0.228 e. The van der Waals surface area contributed by atoms with Crippen molar-refractivity contribution in [3.05, 3.63) is 145 Å². The first kappa shape index (κ1) is 23.1. The quantitative estimate of drug-likeness (QED) is 0.226. The standard InChI is InChI=1S/C37H26N2/c1-25-9-5-7-13-32(25)27-15-18-29(19-16-27)37-38-35(28-11-3-2-4-12-28)24-36(39-37)31-21-22-34-30(23-31)20-17-26-10-6-8-14-33(26)34/h2-24H,1H3. The highest BCUT2D eigenvalue weighted by Crippen LogP contribution is 2.32. The Morgan fingerprint density at radius 2 is 1.03 bits per heavy atom. The van der Waals surface area contributed by atoms with Crippen molar-refractivity contribution in [3.8, 4) is 45.0 Å². The van der Waals surface area contributed by atoms with Gasteiger partial charge in [0.05, 0.1) is 11.4 Å². The van der Waals surface area contributed by atoms with Crippen LogP contribution < -0.4 is 0 Å². The van der Waals surface area contributed by atoms with Gasteiger partial charge in [-0.25, -0.2) is 9.97 Å². The van der Waals surface area contributed by atoms with Crippen molar-refractivity contribution in [1.82, 2.24) is 9.97 Å². The Morgan fingerprint density at radius 3 is 1.85 bits per heavy atom. The molecule has 1 heterocycles. The molecular weight excluding hydrogens is 472 g/mol. The minimum atomic E-state index is 0.723. The molecule has 0 N–H and O–H groups in total. The number of aryl methyl sites for hydroxylation is 1. The van der Waals surface area contributed by atoms with Crippen LogP contribution in [-0.2, 0) is 0 Å². The van der Waals surface area contributed by atoms with Gasteiger partial charge in [0.1, 0.15) is 0 Å². The molecule has 1 aromatic heterocycles. The minimum absolute atomic E-state index is 0.723. The van der Waals surface area contributed by atoms with Crippen LogP contribution in [0.25, 0.3) is 66.6 Å². The van der Waals surface area contributed by atoms with E-state index in [0.29, 0.717) is 0 Å². The number of hydrogen-bond acceptors (Lipinski definition) is 2. The molecule has 0 fully saturated rings. The molecule has 0 amide bonds. The highest BCUT2D eigenvalue weighted by atomic mass is 14.9. The summed E-state index contributed by atoms with van der Waals surface area (Å²) in [6.07, 6.45) is 0. The van der Waals surface area contributed by atoms with Crippen molar-refractivity contribution in [3.63, 3.8) is 0 Å². The molecule has 0 aliphatic heterocycles. The first-order valence-electron chi connectivity index (χ1n) is 13.3. The molecule has 7 aromatic rings. The molecule has 2 nitrogen and oxygen atoms in total. The van der Waals surface area contributed by atoms with E-state index in [4.69, 9.17) is 9.97 Å². The third-order valence-electron chi connectivity index (χ3n) is 7.44. The number of aromatic nitrogens is 2. The lowest BCUT2D eigenvalue weighted by Crippen LogP contribution is -1.96. The monoisotopic (exact) mass is 498 g/mol. The average molecular weight is 499 g/mol. The highest BCUT2D eigenvalue weighted by molar-refractivity contribution is 6.08. The summed E-state index contributed by atoms with van der Waals surface area (Å²) in [5, 5.41) is 4.97. The van der Waals surface area contributed by atoms with E-state index in [1.54, 1.807) is 0 Å². The van der Waals surface area contributed by atoms with Crippen LogP contribution in [0.5, 0.6) is 0 Å². The molecule has 0 aliphatic rings. The molecule has 0 bridgehead atoms. The molecule has 0 aliphatic carbocycles. The van der Waals surface area contributed by atoms with Crippen LogP contribution in [0.2, 0.25) is 0 Å². The van der Waals surface area contributed by atoms with E-state index in [1.807, 2.05) is 6.07 Å². The van der Waals surface area contributed by atoms with Crippen LogP contribution in [0.3, 0.4) is 0 Å². The summed E-state index contributed by atoms with van der Waals surface area (Å²) in [6.45, 7) is 2.15. The van der Waals surface area contributed by atoms with Gasteiger partial charge in [0.2, 0.25) is 0 Å². The van der Waals surface area contributed by atoms with E-state index in [9.17, 15) is 0 Å². The van der Waals surface area contributed by atoms with E-state index in [2.05, 4.69) is 140 Å². The fraction of sp³-hybridized carbons (Fsp3) is 0.0270. The van der Waals surface area contributed by atoms with Crippen LogP contribution >= 0.6 is 0 Å². The van der Waals surface area contributed by atoms with Crippen LogP contribution in [-0.4, -0.2) is 9.97 Å². The van der Waals surface area contributed by atoms with E-state index in [1.165, 1.54) is 38.2 Å². The van der Waals surface area contributed by atoms with E-state index in [0.717, 1.165) is 33.9 Å². The predicted octanol–water partition coefficient (Wildman–Crippen LogP) is 9.76. The Bertz CT molecular complexity index is 1960. The third-order valence-corrected chi connectivity index (χ3v) is 7.44. The Kier molecular flexibility index (Phi) is 5.71. The lowest BCUT2D eigenvalue weighted by Gasteiger charge is -2.11. The van der Waals surface area contributed by atoms with Gasteiger partial charge in [-0.2, -0.15) is 0 Å². The fourth-order valence-corrected chi connectivity index (χ4v) is 5.35. The van der Waals surface area contributed by atoms with Crippen molar-refractivity contribution in [2.45, 2.75) is 6.92 Å². The van der Waals surface area contributed by atoms with E-state index in [-0.39, 0.29) is 0 Å². The van der Waals surface area contributed by atoms with Gasteiger partial charge >= 0.3 is 0 Å². The summed E-state index contributed by atoms with van der Waals surface area (Å²) in [4.78, 5) is 10.1.